The molecule has 0 aromatic carbocycles. The lowest BCUT2D eigenvalue weighted by molar-refractivity contribution is -0.122. The van der Waals surface area contributed by atoms with Crippen molar-refractivity contribution >= 4 is 6.47 Å². The SMILES string of the molecule is CCCCCC.CCO.O=CO. The Hall–Kier alpha value is -0.570. The zero-order chi connectivity index (χ0) is 10.2. The lowest BCUT2D eigenvalue weighted by atomic mass is 10.2. The van der Waals surface area contributed by atoms with E-state index in [1.165, 1.54) is 25.7 Å². The number of carbonyl (C=O) groups is 1. The summed E-state index contributed by atoms with van der Waals surface area (Å²) in [4.78, 5) is 8.36. The van der Waals surface area contributed by atoms with Crippen molar-refractivity contribution in [1.82, 2.24) is 0 Å². The van der Waals surface area contributed by atoms with Crippen LogP contribution in [0.4, 0.5) is 0 Å². The zero-order valence-electron chi connectivity index (χ0n) is 8.42. The van der Waals surface area contributed by atoms with Crippen LogP contribution in [0.1, 0.15) is 46.5 Å². The van der Waals surface area contributed by atoms with Crippen LogP contribution in [0, 0.1) is 0 Å². The van der Waals surface area contributed by atoms with Crippen LogP contribution < -0.4 is 0 Å². The summed E-state index contributed by atoms with van der Waals surface area (Å²) in [7, 11) is 0. The van der Waals surface area contributed by atoms with E-state index in [9.17, 15) is 0 Å². The molecule has 0 saturated carbocycles. The van der Waals surface area contributed by atoms with E-state index in [-0.39, 0.29) is 13.1 Å². The fourth-order valence-corrected chi connectivity index (χ4v) is 0.500. The first kappa shape index (κ1) is 17.5. The van der Waals surface area contributed by atoms with E-state index < -0.39 is 0 Å². The van der Waals surface area contributed by atoms with E-state index in [2.05, 4.69) is 13.8 Å². The molecule has 0 aliphatic heterocycles. The van der Waals surface area contributed by atoms with Crippen LogP contribution in [-0.2, 0) is 4.79 Å². The second-order valence-corrected chi connectivity index (χ2v) is 2.13. The standard InChI is InChI=1S/C6H14.C2H6O.CH2O2/c1-3-5-6-4-2;1-2-3;2-1-3/h3-6H2,1-2H3;3H,2H2,1H3;1H,(H,2,3). The predicted octanol–water partition coefficient (Wildman–Crippen LogP) is 2.29. The Kier molecular flexibility index (Phi) is 45.9. The molecule has 0 amide bonds. The minimum Gasteiger partial charge on any atom is -0.483 e. The Morgan fingerprint density at radius 3 is 1.33 bits per heavy atom. The van der Waals surface area contributed by atoms with Crippen molar-refractivity contribution in [3.8, 4) is 0 Å². The number of rotatable bonds is 3. The smallest absolute Gasteiger partial charge is 0.290 e. The molecule has 12 heavy (non-hydrogen) atoms. The lowest BCUT2D eigenvalue weighted by Gasteiger charge is -1.86. The van der Waals surface area contributed by atoms with Crippen LogP contribution in [0.15, 0.2) is 0 Å². The molecule has 0 spiro atoms. The number of carboxylic acid groups (broad SMARTS) is 1. The van der Waals surface area contributed by atoms with Crippen molar-refractivity contribution in [3.05, 3.63) is 0 Å². The Labute approximate surface area is 75.4 Å². The van der Waals surface area contributed by atoms with Gasteiger partial charge in [0.1, 0.15) is 0 Å². The Balaban J connectivity index is -0.000000115. The highest BCUT2D eigenvalue weighted by Crippen LogP contribution is 1.95. The first-order chi connectivity index (χ1) is 5.74. The molecule has 0 heterocycles. The monoisotopic (exact) mass is 178 g/mol. The maximum atomic E-state index is 8.36. The average molecular weight is 178 g/mol. The summed E-state index contributed by atoms with van der Waals surface area (Å²) in [6.45, 7) is 6.14. The molecule has 0 radical (unpaired) electrons. The molecule has 0 bridgehead atoms. The molecule has 0 rings (SSSR count). The molecule has 2 N–H and O–H groups in total. The van der Waals surface area contributed by atoms with Crippen LogP contribution in [-0.4, -0.2) is 23.3 Å². The fourth-order valence-electron chi connectivity index (χ4n) is 0.500. The van der Waals surface area contributed by atoms with Gasteiger partial charge in [-0.15, -0.1) is 0 Å². The van der Waals surface area contributed by atoms with Gasteiger partial charge in [-0.2, -0.15) is 0 Å². The molecule has 3 nitrogen and oxygen atoms in total. The van der Waals surface area contributed by atoms with Gasteiger partial charge in [0, 0.05) is 6.61 Å². The van der Waals surface area contributed by atoms with Gasteiger partial charge in [0.05, 0.1) is 0 Å². The molecule has 76 valence electrons. The van der Waals surface area contributed by atoms with Crippen LogP contribution in [0.3, 0.4) is 0 Å². The van der Waals surface area contributed by atoms with Gasteiger partial charge >= 0.3 is 0 Å². The highest BCUT2D eigenvalue weighted by atomic mass is 16.3. The summed E-state index contributed by atoms with van der Waals surface area (Å²) < 4.78 is 0. The highest BCUT2D eigenvalue weighted by molar-refractivity contribution is 5.32. The summed E-state index contributed by atoms with van der Waals surface area (Å²) in [5.41, 5.74) is 0. The second kappa shape index (κ2) is 31.5. The first-order valence-electron chi connectivity index (χ1n) is 4.43. The van der Waals surface area contributed by atoms with Gasteiger partial charge < -0.3 is 10.2 Å². The van der Waals surface area contributed by atoms with Crippen molar-refractivity contribution in [2.75, 3.05) is 6.61 Å². The molecule has 0 fully saturated rings. The van der Waals surface area contributed by atoms with Gasteiger partial charge in [-0.05, 0) is 6.92 Å². The number of hydrogen-bond donors (Lipinski definition) is 2. The fraction of sp³-hybridized carbons (Fsp3) is 0.889. The van der Waals surface area contributed by atoms with Crippen molar-refractivity contribution in [2.45, 2.75) is 46.5 Å². The lowest BCUT2D eigenvalue weighted by Crippen LogP contribution is -1.66. The van der Waals surface area contributed by atoms with Crippen molar-refractivity contribution in [1.29, 1.82) is 0 Å². The van der Waals surface area contributed by atoms with Gasteiger partial charge in [-0.3, -0.25) is 4.79 Å². The van der Waals surface area contributed by atoms with Crippen LogP contribution in [0.2, 0.25) is 0 Å². The number of aliphatic hydroxyl groups excluding tert-OH is 1. The predicted molar refractivity (Wildman–Crippen MR) is 51.3 cm³/mol. The molecular formula is C9H22O3. The average Bonchev–Trinajstić information content (AvgIpc) is 2.04. The third-order valence-electron chi connectivity index (χ3n) is 0.957. The second-order valence-electron chi connectivity index (χ2n) is 2.13. The van der Waals surface area contributed by atoms with E-state index in [0.29, 0.717) is 0 Å². The molecule has 0 unspecified atom stereocenters. The summed E-state index contributed by atoms with van der Waals surface area (Å²) in [5, 5.41) is 14.5. The Morgan fingerprint density at radius 1 is 1.08 bits per heavy atom. The van der Waals surface area contributed by atoms with Crippen molar-refractivity contribution in [3.63, 3.8) is 0 Å². The quantitative estimate of drug-likeness (QED) is 0.515. The normalized spacial score (nSPS) is 7.00. The molecule has 0 aliphatic carbocycles. The highest BCUT2D eigenvalue weighted by Gasteiger charge is 1.75. The summed E-state index contributed by atoms with van der Waals surface area (Å²) >= 11 is 0. The summed E-state index contributed by atoms with van der Waals surface area (Å²) in [6, 6.07) is 0. The number of aliphatic hydroxyl groups is 1. The number of hydrogen-bond acceptors (Lipinski definition) is 2. The van der Waals surface area contributed by atoms with Crippen LogP contribution in [0.5, 0.6) is 0 Å². The minimum absolute atomic E-state index is 0.250. The van der Waals surface area contributed by atoms with Gasteiger partial charge in [0.2, 0.25) is 0 Å². The maximum absolute atomic E-state index is 8.36. The topological polar surface area (TPSA) is 57.5 Å². The molecule has 0 saturated heterocycles. The zero-order valence-corrected chi connectivity index (χ0v) is 8.42. The van der Waals surface area contributed by atoms with Crippen LogP contribution in [0.25, 0.3) is 0 Å². The molecule has 0 aliphatic rings. The minimum atomic E-state index is -0.250. The first-order valence-corrected chi connectivity index (χ1v) is 4.43. The molecule has 0 atom stereocenters. The van der Waals surface area contributed by atoms with E-state index in [1.807, 2.05) is 0 Å². The molecule has 0 aromatic heterocycles. The van der Waals surface area contributed by atoms with Crippen molar-refractivity contribution in [2.24, 2.45) is 0 Å². The Morgan fingerprint density at radius 2 is 1.25 bits per heavy atom. The molecule has 3 heteroatoms. The third-order valence-corrected chi connectivity index (χ3v) is 0.957. The summed E-state index contributed by atoms with van der Waals surface area (Å²) in [6.07, 6.45) is 5.54. The molecule has 0 aromatic rings. The maximum Gasteiger partial charge on any atom is 0.290 e. The number of unbranched alkanes of at least 4 members (excludes halogenated alkanes) is 3. The van der Waals surface area contributed by atoms with E-state index in [1.54, 1.807) is 6.92 Å². The van der Waals surface area contributed by atoms with E-state index >= 15 is 0 Å². The van der Waals surface area contributed by atoms with Crippen LogP contribution >= 0.6 is 0 Å². The van der Waals surface area contributed by atoms with Gasteiger partial charge in [-0.25, -0.2) is 0 Å². The third kappa shape index (κ3) is 113. The van der Waals surface area contributed by atoms with Crippen molar-refractivity contribution < 1.29 is 15.0 Å². The van der Waals surface area contributed by atoms with Gasteiger partial charge in [0.25, 0.3) is 6.47 Å². The Bertz CT molecular complexity index is 51.7. The van der Waals surface area contributed by atoms with E-state index in [0.717, 1.165) is 0 Å². The molecular weight excluding hydrogens is 156 g/mol. The van der Waals surface area contributed by atoms with Gasteiger partial charge in [-0.1, -0.05) is 39.5 Å². The van der Waals surface area contributed by atoms with Gasteiger partial charge in [0.15, 0.2) is 0 Å². The largest absolute Gasteiger partial charge is 0.483 e. The van der Waals surface area contributed by atoms with E-state index in [4.69, 9.17) is 15.0 Å². The summed E-state index contributed by atoms with van der Waals surface area (Å²) in [5.74, 6) is 0.